The van der Waals surface area contributed by atoms with Crippen molar-refractivity contribution in [1.29, 1.82) is 0 Å². The molecule has 0 atom stereocenters. The van der Waals surface area contributed by atoms with E-state index in [2.05, 4.69) is 15.2 Å². The molecule has 1 N–H and O–H groups in total. The van der Waals surface area contributed by atoms with Gasteiger partial charge in [-0.05, 0) is 32.9 Å². The molecule has 0 fully saturated rings. The first-order valence-corrected chi connectivity index (χ1v) is 5.81. The Balaban J connectivity index is 2.04. The van der Waals surface area contributed by atoms with E-state index in [1.807, 2.05) is 24.6 Å². The van der Waals surface area contributed by atoms with Gasteiger partial charge in [-0.15, -0.1) is 13.2 Å². The van der Waals surface area contributed by atoms with Crippen molar-refractivity contribution in [2.24, 2.45) is 0 Å². The number of nitrogens with zero attached hydrogens (tertiary/aromatic N) is 2. The van der Waals surface area contributed by atoms with Crippen molar-refractivity contribution >= 4 is 0 Å². The minimum atomic E-state index is -4.54. The van der Waals surface area contributed by atoms with Gasteiger partial charge in [0, 0.05) is 18.8 Å². The van der Waals surface area contributed by atoms with E-state index in [1.54, 1.807) is 0 Å². The summed E-state index contributed by atoms with van der Waals surface area (Å²) in [6, 6.07) is 1.99. The lowest BCUT2D eigenvalue weighted by atomic mass is 10.4. The number of aryl methyl sites for hydroxylation is 3. The number of rotatable bonds is 7. The third-order valence-corrected chi connectivity index (χ3v) is 2.37. The maximum atomic E-state index is 11.6. The molecule has 4 nitrogen and oxygen atoms in total. The molecule has 0 bridgehead atoms. The van der Waals surface area contributed by atoms with Crippen molar-refractivity contribution < 1.29 is 17.9 Å². The molecular weight excluding hydrogens is 247 g/mol. The maximum Gasteiger partial charge on any atom is 0.522 e. The van der Waals surface area contributed by atoms with Gasteiger partial charge in [0.05, 0.1) is 12.3 Å². The van der Waals surface area contributed by atoms with Crippen LogP contribution in [0.5, 0.6) is 0 Å². The highest BCUT2D eigenvalue weighted by atomic mass is 19.4. The van der Waals surface area contributed by atoms with Gasteiger partial charge in [0.2, 0.25) is 0 Å². The summed E-state index contributed by atoms with van der Waals surface area (Å²) in [6.07, 6.45) is -3.72. The van der Waals surface area contributed by atoms with E-state index in [9.17, 15) is 13.2 Å². The molecule has 0 spiro atoms. The lowest BCUT2D eigenvalue weighted by Gasteiger charge is -2.08. The number of nitrogens with one attached hydrogen (secondary N) is 1. The number of alkyl halides is 3. The summed E-state index contributed by atoms with van der Waals surface area (Å²) in [4.78, 5) is 0. The fourth-order valence-electron chi connectivity index (χ4n) is 1.62. The van der Waals surface area contributed by atoms with Gasteiger partial charge in [0.25, 0.3) is 0 Å². The van der Waals surface area contributed by atoms with E-state index >= 15 is 0 Å². The third kappa shape index (κ3) is 6.02. The third-order valence-electron chi connectivity index (χ3n) is 2.37. The second-order valence-corrected chi connectivity index (χ2v) is 4.05. The number of ether oxygens (including phenoxy) is 1. The average Bonchev–Trinajstić information content (AvgIpc) is 2.54. The molecule has 0 aromatic carbocycles. The average molecular weight is 265 g/mol. The normalized spacial score (nSPS) is 12.1. The lowest BCUT2D eigenvalue weighted by molar-refractivity contribution is -0.323. The number of halogens is 3. The molecule has 1 heterocycles. The molecule has 0 radical (unpaired) electrons. The summed E-state index contributed by atoms with van der Waals surface area (Å²) in [5.74, 6) is 0. The monoisotopic (exact) mass is 265 g/mol. The first kappa shape index (κ1) is 15.0. The molecule has 0 aliphatic rings. The van der Waals surface area contributed by atoms with E-state index in [1.165, 1.54) is 0 Å². The van der Waals surface area contributed by atoms with Gasteiger partial charge < -0.3 is 5.32 Å². The van der Waals surface area contributed by atoms with Crippen LogP contribution in [0.4, 0.5) is 13.2 Å². The van der Waals surface area contributed by atoms with Crippen LogP contribution in [-0.2, 0) is 11.3 Å². The van der Waals surface area contributed by atoms with E-state index in [4.69, 9.17) is 0 Å². The second-order valence-electron chi connectivity index (χ2n) is 4.05. The molecule has 0 unspecified atom stereocenters. The highest BCUT2D eigenvalue weighted by Gasteiger charge is 2.28. The van der Waals surface area contributed by atoms with Crippen molar-refractivity contribution in [3.8, 4) is 0 Å². The Bertz CT molecular complexity index is 363. The van der Waals surface area contributed by atoms with Crippen LogP contribution >= 0.6 is 0 Å². The van der Waals surface area contributed by atoms with Crippen LogP contribution in [-0.4, -0.2) is 35.8 Å². The van der Waals surface area contributed by atoms with Crippen LogP contribution in [0.2, 0.25) is 0 Å². The van der Waals surface area contributed by atoms with Gasteiger partial charge in [-0.2, -0.15) is 5.10 Å². The summed E-state index contributed by atoms with van der Waals surface area (Å²) in [6.45, 7) is 5.13. The highest BCUT2D eigenvalue weighted by molar-refractivity contribution is 5.06. The van der Waals surface area contributed by atoms with Crippen LogP contribution < -0.4 is 5.32 Å². The van der Waals surface area contributed by atoms with Crippen LogP contribution in [0, 0.1) is 13.8 Å². The predicted molar refractivity (Wildman–Crippen MR) is 61.2 cm³/mol. The van der Waals surface area contributed by atoms with Crippen LogP contribution in [0.25, 0.3) is 0 Å². The zero-order valence-electron chi connectivity index (χ0n) is 10.5. The highest BCUT2D eigenvalue weighted by Crippen LogP contribution is 2.15. The van der Waals surface area contributed by atoms with E-state index in [0.717, 1.165) is 24.4 Å². The topological polar surface area (TPSA) is 39.1 Å². The van der Waals surface area contributed by atoms with Gasteiger partial charge in [0.15, 0.2) is 0 Å². The molecule has 0 amide bonds. The largest absolute Gasteiger partial charge is 0.522 e. The molecule has 0 saturated heterocycles. The molecule has 1 aromatic heterocycles. The van der Waals surface area contributed by atoms with Crippen molar-refractivity contribution in [2.75, 3.05) is 19.7 Å². The summed E-state index contributed by atoms with van der Waals surface area (Å²) >= 11 is 0. The van der Waals surface area contributed by atoms with Crippen molar-refractivity contribution in [3.05, 3.63) is 17.5 Å². The van der Waals surface area contributed by atoms with Gasteiger partial charge in [0.1, 0.15) is 0 Å². The van der Waals surface area contributed by atoms with Gasteiger partial charge in [-0.1, -0.05) is 0 Å². The Kier molecular flexibility index (Phi) is 5.61. The molecule has 7 heteroatoms. The Morgan fingerprint density at radius 3 is 2.61 bits per heavy atom. The molecule has 18 heavy (non-hydrogen) atoms. The summed E-state index contributed by atoms with van der Waals surface area (Å²) in [5.41, 5.74) is 2.06. The van der Waals surface area contributed by atoms with Gasteiger partial charge >= 0.3 is 6.36 Å². The predicted octanol–water partition coefficient (Wildman–Crippen LogP) is 2.02. The fourth-order valence-corrected chi connectivity index (χ4v) is 1.62. The molecular formula is C11H18F3N3O. The Morgan fingerprint density at radius 1 is 1.33 bits per heavy atom. The summed E-state index contributed by atoms with van der Waals surface area (Å²) in [7, 11) is 0. The first-order valence-electron chi connectivity index (χ1n) is 5.81. The number of aromatic nitrogens is 2. The summed E-state index contributed by atoms with van der Waals surface area (Å²) < 4.78 is 40.4. The van der Waals surface area contributed by atoms with Crippen LogP contribution in [0.15, 0.2) is 6.07 Å². The van der Waals surface area contributed by atoms with Crippen molar-refractivity contribution in [3.63, 3.8) is 0 Å². The number of hydrogen-bond donors (Lipinski definition) is 1. The van der Waals surface area contributed by atoms with Crippen LogP contribution in [0.3, 0.4) is 0 Å². The minimum Gasteiger partial charge on any atom is -0.314 e. The SMILES string of the molecule is Cc1cc(C)n(CCCNCCOC(F)(F)F)n1. The van der Waals surface area contributed by atoms with E-state index in [0.29, 0.717) is 6.54 Å². The van der Waals surface area contributed by atoms with Crippen molar-refractivity contribution in [2.45, 2.75) is 33.2 Å². The molecule has 1 aromatic rings. The molecule has 1 rings (SSSR count). The molecule has 0 aliphatic heterocycles. The van der Waals surface area contributed by atoms with E-state index < -0.39 is 6.36 Å². The summed E-state index contributed by atoms with van der Waals surface area (Å²) in [5, 5.41) is 7.18. The minimum absolute atomic E-state index is 0.191. The van der Waals surface area contributed by atoms with Gasteiger partial charge in [-0.25, -0.2) is 0 Å². The van der Waals surface area contributed by atoms with Crippen molar-refractivity contribution in [1.82, 2.24) is 15.1 Å². The fraction of sp³-hybridized carbons (Fsp3) is 0.727. The van der Waals surface area contributed by atoms with Gasteiger partial charge in [-0.3, -0.25) is 9.42 Å². The molecule has 0 saturated carbocycles. The zero-order valence-corrected chi connectivity index (χ0v) is 10.5. The Hall–Kier alpha value is -1.08. The second kappa shape index (κ2) is 6.75. The first-order chi connectivity index (χ1) is 8.38. The molecule has 104 valence electrons. The Morgan fingerprint density at radius 2 is 2.06 bits per heavy atom. The lowest BCUT2D eigenvalue weighted by Crippen LogP contribution is -2.25. The zero-order chi connectivity index (χ0) is 13.6. The number of hydrogen-bond acceptors (Lipinski definition) is 3. The maximum absolute atomic E-state index is 11.6. The molecule has 0 aliphatic carbocycles. The quantitative estimate of drug-likeness (QED) is 0.767. The standard InChI is InChI=1S/C11H18F3N3O/c1-9-8-10(2)17(16-9)6-3-4-15-5-7-18-11(12,13)14/h8,15H,3-7H2,1-2H3. The smallest absolute Gasteiger partial charge is 0.314 e. The Labute approximate surface area is 104 Å². The van der Waals surface area contributed by atoms with Crippen LogP contribution in [0.1, 0.15) is 17.8 Å². The van der Waals surface area contributed by atoms with E-state index in [-0.39, 0.29) is 13.2 Å².